The lowest BCUT2D eigenvalue weighted by molar-refractivity contribution is -0.137. The second kappa shape index (κ2) is 6.37. The average Bonchev–Trinajstić information content (AvgIpc) is 2.85. The van der Waals surface area contributed by atoms with E-state index in [2.05, 4.69) is 5.32 Å². The fourth-order valence-electron chi connectivity index (χ4n) is 1.95. The number of imide groups is 1. The molecule has 0 saturated carbocycles. The van der Waals surface area contributed by atoms with Gasteiger partial charge < -0.3 is 5.32 Å². The number of benzene rings is 1. The molecule has 1 heterocycles. The molecule has 0 radical (unpaired) electrons. The van der Waals surface area contributed by atoms with Crippen molar-refractivity contribution in [2.24, 2.45) is 0 Å². The lowest BCUT2D eigenvalue weighted by Crippen LogP contribution is -2.38. The van der Waals surface area contributed by atoms with Crippen LogP contribution >= 0.6 is 23.4 Å². The van der Waals surface area contributed by atoms with Crippen molar-refractivity contribution in [1.82, 2.24) is 10.2 Å². The molecule has 1 aromatic carbocycles. The zero-order valence-corrected chi connectivity index (χ0v) is 13.0. The Balaban J connectivity index is 2.13. The molecule has 1 aromatic rings. The quantitative estimate of drug-likeness (QED) is 0.848. The molecule has 2 rings (SSSR count). The number of hydrogen-bond donors (Lipinski definition) is 1. The van der Waals surface area contributed by atoms with Crippen LogP contribution in [-0.4, -0.2) is 35.2 Å². The van der Waals surface area contributed by atoms with E-state index >= 15 is 0 Å². The van der Waals surface area contributed by atoms with Gasteiger partial charge >= 0.3 is 12.2 Å². The summed E-state index contributed by atoms with van der Waals surface area (Å²) in [6.45, 7) is 2.18. The molecule has 0 unspecified atom stereocenters. The minimum Gasteiger partial charge on any atom is -0.336 e. The number of rotatable bonds is 3. The minimum absolute atomic E-state index is 0.261. The first-order chi connectivity index (χ1) is 10.2. The number of alkyl halides is 3. The molecular weight excluding hydrogens is 341 g/mol. The molecule has 1 aliphatic heterocycles. The Labute approximate surface area is 134 Å². The maximum atomic E-state index is 12.8. The number of carbonyl (C=O) groups is 2. The van der Waals surface area contributed by atoms with Gasteiger partial charge in [-0.2, -0.15) is 13.2 Å². The third-order valence-electron chi connectivity index (χ3n) is 3.03. The van der Waals surface area contributed by atoms with Gasteiger partial charge in [0.1, 0.15) is 0 Å². The third kappa shape index (κ3) is 3.67. The Morgan fingerprint density at radius 2 is 2.14 bits per heavy atom. The maximum absolute atomic E-state index is 12.8. The van der Waals surface area contributed by atoms with Crippen molar-refractivity contribution in [1.29, 1.82) is 0 Å². The van der Waals surface area contributed by atoms with Crippen LogP contribution in [0.25, 0.3) is 0 Å². The summed E-state index contributed by atoms with van der Waals surface area (Å²) < 4.78 is 38.4. The van der Waals surface area contributed by atoms with Crippen molar-refractivity contribution in [3.05, 3.63) is 28.8 Å². The summed E-state index contributed by atoms with van der Waals surface area (Å²) in [6, 6.07) is 2.98. The minimum atomic E-state index is -4.56. The Morgan fingerprint density at radius 1 is 1.45 bits per heavy atom. The highest BCUT2D eigenvalue weighted by Crippen LogP contribution is 2.37. The molecule has 9 heteroatoms. The summed E-state index contributed by atoms with van der Waals surface area (Å²) in [5.41, 5.74) is -0.947. The normalized spacial score (nSPS) is 16.6. The van der Waals surface area contributed by atoms with E-state index in [0.29, 0.717) is 6.54 Å². The molecule has 1 aliphatic rings. The van der Waals surface area contributed by atoms with Gasteiger partial charge in [0.2, 0.25) is 5.91 Å². The number of nitrogens with one attached hydrogen (secondary N) is 1. The van der Waals surface area contributed by atoms with Crippen LogP contribution in [0.4, 0.5) is 18.0 Å². The number of nitrogens with zero attached hydrogens (tertiary/aromatic N) is 1. The maximum Gasteiger partial charge on any atom is 0.417 e. The molecule has 3 amide bonds. The van der Waals surface area contributed by atoms with Crippen molar-refractivity contribution in [3.8, 4) is 0 Å². The number of hydrogen-bond acceptors (Lipinski definition) is 3. The monoisotopic (exact) mass is 352 g/mol. The summed E-state index contributed by atoms with van der Waals surface area (Å²) in [6.07, 6.45) is -4.56. The van der Waals surface area contributed by atoms with E-state index in [1.165, 1.54) is 6.07 Å². The fraction of sp³-hybridized carbons (Fsp3) is 0.385. The molecule has 120 valence electrons. The van der Waals surface area contributed by atoms with Crippen LogP contribution in [0.3, 0.4) is 0 Å². The second-order valence-corrected chi connectivity index (χ2v) is 6.44. The summed E-state index contributed by atoms with van der Waals surface area (Å²) >= 11 is 6.50. The number of thioether (sulfide) groups is 1. The van der Waals surface area contributed by atoms with E-state index < -0.39 is 34.0 Å². The number of urea groups is 1. The summed E-state index contributed by atoms with van der Waals surface area (Å²) in [7, 11) is 0. The predicted molar refractivity (Wildman–Crippen MR) is 76.9 cm³/mol. The van der Waals surface area contributed by atoms with Gasteiger partial charge in [-0.1, -0.05) is 11.6 Å². The van der Waals surface area contributed by atoms with E-state index in [-0.39, 0.29) is 11.4 Å². The predicted octanol–water partition coefficient (Wildman–Crippen LogP) is 3.39. The van der Waals surface area contributed by atoms with Gasteiger partial charge in [0.05, 0.1) is 15.8 Å². The summed E-state index contributed by atoms with van der Waals surface area (Å²) in [5, 5.41) is 1.41. The van der Waals surface area contributed by atoms with Crippen LogP contribution < -0.4 is 5.32 Å². The fourth-order valence-corrected chi connectivity index (χ4v) is 3.14. The first kappa shape index (κ1) is 17.0. The molecule has 0 spiro atoms. The van der Waals surface area contributed by atoms with Gasteiger partial charge in [-0.05, 0) is 25.1 Å². The van der Waals surface area contributed by atoms with Crippen molar-refractivity contribution in [3.63, 3.8) is 0 Å². The Kier molecular flexibility index (Phi) is 4.91. The molecular formula is C13H12ClF3N2O2S. The number of carbonyl (C=O) groups excluding carboxylic acids is 2. The SMILES string of the molecule is C[C@@H](Sc1ccc(Cl)c(C(F)(F)F)c1)C(=O)N1CCNC1=O. The Morgan fingerprint density at radius 3 is 2.68 bits per heavy atom. The zero-order valence-electron chi connectivity index (χ0n) is 11.4. The van der Waals surface area contributed by atoms with Crippen molar-refractivity contribution in [2.75, 3.05) is 13.1 Å². The van der Waals surface area contributed by atoms with Crippen molar-refractivity contribution >= 4 is 35.3 Å². The van der Waals surface area contributed by atoms with E-state index in [1.54, 1.807) is 6.92 Å². The first-order valence-corrected chi connectivity index (χ1v) is 7.58. The van der Waals surface area contributed by atoms with Gasteiger partial charge in [0, 0.05) is 18.0 Å². The van der Waals surface area contributed by atoms with Crippen molar-refractivity contribution in [2.45, 2.75) is 23.2 Å². The van der Waals surface area contributed by atoms with Crippen LogP contribution in [-0.2, 0) is 11.0 Å². The topological polar surface area (TPSA) is 49.4 Å². The smallest absolute Gasteiger partial charge is 0.336 e. The van der Waals surface area contributed by atoms with Crippen LogP contribution in [0.1, 0.15) is 12.5 Å². The van der Waals surface area contributed by atoms with Gasteiger partial charge in [0.25, 0.3) is 0 Å². The molecule has 1 fully saturated rings. The van der Waals surface area contributed by atoms with Crippen molar-refractivity contribution < 1.29 is 22.8 Å². The van der Waals surface area contributed by atoms with Gasteiger partial charge in [-0.3, -0.25) is 9.69 Å². The average molecular weight is 353 g/mol. The van der Waals surface area contributed by atoms with Crippen LogP contribution in [0.5, 0.6) is 0 Å². The van der Waals surface area contributed by atoms with E-state index in [9.17, 15) is 22.8 Å². The largest absolute Gasteiger partial charge is 0.417 e. The number of halogens is 4. The second-order valence-electron chi connectivity index (χ2n) is 4.62. The van der Waals surface area contributed by atoms with Crippen LogP contribution in [0, 0.1) is 0 Å². The molecule has 0 bridgehead atoms. The Hall–Kier alpha value is -1.41. The highest BCUT2D eigenvalue weighted by atomic mass is 35.5. The molecule has 4 nitrogen and oxygen atoms in total. The van der Waals surface area contributed by atoms with Gasteiger partial charge in [-0.25, -0.2) is 4.79 Å². The molecule has 0 aliphatic carbocycles. The first-order valence-electron chi connectivity index (χ1n) is 6.33. The lowest BCUT2D eigenvalue weighted by Gasteiger charge is -2.18. The van der Waals surface area contributed by atoms with Crippen LogP contribution in [0.15, 0.2) is 23.1 Å². The Bertz CT molecular complexity index is 609. The number of amides is 3. The summed E-state index contributed by atoms with van der Waals surface area (Å²) in [4.78, 5) is 24.8. The highest BCUT2D eigenvalue weighted by molar-refractivity contribution is 8.00. The van der Waals surface area contributed by atoms with E-state index in [1.807, 2.05) is 0 Å². The van der Waals surface area contributed by atoms with E-state index in [0.717, 1.165) is 28.8 Å². The van der Waals surface area contributed by atoms with E-state index in [4.69, 9.17) is 11.6 Å². The van der Waals surface area contributed by atoms with Gasteiger partial charge in [-0.15, -0.1) is 11.8 Å². The molecule has 1 saturated heterocycles. The molecule has 22 heavy (non-hydrogen) atoms. The highest BCUT2D eigenvalue weighted by Gasteiger charge is 2.34. The van der Waals surface area contributed by atoms with Crippen LogP contribution in [0.2, 0.25) is 5.02 Å². The van der Waals surface area contributed by atoms with Gasteiger partial charge in [0.15, 0.2) is 0 Å². The molecule has 1 N–H and O–H groups in total. The molecule has 1 atom stereocenters. The lowest BCUT2D eigenvalue weighted by atomic mass is 10.2. The standard InChI is InChI=1S/C13H12ClF3N2O2S/c1-7(11(20)19-5-4-18-12(19)21)22-8-2-3-10(14)9(6-8)13(15,16)17/h2-3,6-7H,4-5H2,1H3,(H,18,21)/t7-/m1/s1. The molecule has 0 aromatic heterocycles. The third-order valence-corrected chi connectivity index (χ3v) is 4.44. The summed E-state index contributed by atoms with van der Waals surface area (Å²) in [5.74, 6) is -0.441. The zero-order chi connectivity index (χ0) is 16.5.